The molecule has 3 nitrogen and oxygen atoms in total. The molecule has 0 saturated heterocycles. The predicted molar refractivity (Wildman–Crippen MR) is 104 cm³/mol. The van der Waals surface area contributed by atoms with Crippen molar-refractivity contribution >= 4 is 14.8 Å². The predicted octanol–water partition coefficient (Wildman–Crippen LogP) is 3.24. The van der Waals surface area contributed by atoms with E-state index < -0.39 is 14.8 Å². The summed E-state index contributed by atoms with van der Waals surface area (Å²) in [5.41, 5.74) is 0. The Kier molecular flexibility index (Phi) is 12.8. The van der Waals surface area contributed by atoms with E-state index in [1.807, 2.05) is 36.5 Å². The Bertz CT molecular complexity index is 297. The van der Waals surface area contributed by atoms with Gasteiger partial charge in [-0.1, -0.05) is 36.5 Å². The normalized spacial score (nSPS) is 10.5. The number of hydrogen-bond acceptors (Lipinski definition) is 3. The quantitative estimate of drug-likeness (QED) is 0.339. The Hall–Kier alpha value is -1.15. The molecule has 0 aliphatic heterocycles. The summed E-state index contributed by atoms with van der Waals surface area (Å²) in [7, 11) is 0. The first-order valence-corrected chi connectivity index (χ1v) is 9.12. The highest BCUT2D eigenvalue weighted by Gasteiger charge is 2.39. The summed E-state index contributed by atoms with van der Waals surface area (Å²) in [5.74, 6) is 0. The SMILES string of the molecule is C=CC[N](CC=C)[Al]([N](CC=C)CC=C)[N](CC=C)CC=C.[HH]. The largest absolute Gasteiger partial charge is 0.610 e. The average molecular weight is 317 g/mol. The topological polar surface area (TPSA) is 9.72 Å². The summed E-state index contributed by atoms with van der Waals surface area (Å²) in [4.78, 5) is 0. The van der Waals surface area contributed by atoms with Crippen molar-refractivity contribution in [2.45, 2.75) is 0 Å². The molecule has 0 heterocycles. The highest BCUT2D eigenvalue weighted by molar-refractivity contribution is 6.49. The fourth-order valence-corrected chi connectivity index (χ4v) is 5.89. The Labute approximate surface area is 143 Å². The standard InChI is InChI=1S/3C6H10N.Al.H2/c3*1-3-5-7-6-4-2;;/h3*3-4H,1-2,5-6H2;;1H/q3*-1;+3;. The molecule has 0 fully saturated rings. The molecular weight excluding hydrogens is 285 g/mol. The first kappa shape index (κ1) is 20.9. The van der Waals surface area contributed by atoms with Crippen LogP contribution in [0.4, 0.5) is 0 Å². The molecule has 0 N–H and O–H groups in total. The fraction of sp³-hybridized carbons (Fsp3) is 0.333. The van der Waals surface area contributed by atoms with Crippen molar-refractivity contribution in [1.29, 1.82) is 0 Å². The minimum atomic E-state index is -1.61. The number of rotatable bonds is 15. The van der Waals surface area contributed by atoms with Crippen molar-refractivity contribution in [2.24, 2.45) is 0 Å². The van der Waals surface area contributed by atoms with Gasteiger partial charge in [0, 0.05) is 1.43 Å². The molecule has 4 heteroatoms. The molecule has 22 heavy (non-hydrogen) atoms. The lowest BCUT2D eigenvalue weighted by Gasteiger charge is -2.39. The van der Waals surface area contributed by atoms with Crippen LogP contribution in [0, 0.1) is 0 Å². The summed E-state index contributed by atoms with van der Waals surface area (Å²) in [6.07, 6.45) is 11.7. The Morgan fingerprint density at radius 1 is 0.500 bits per heavy atom. The molecule has 0 aromatic carbocycles. The van der Waals surface area contributed by atoms with Crippen LogP contribution in [0.1, 0.15) is 1.43 Å². The van der Waals surface area contributed by atoms with Gasteiger partial charge in [0.05, 0.1) is 0 Å². The molecule has 0 atom stereocenters. The lowest BCUT2D eigenvalue weighted by Crippen LogP contribution is -2.63. The summed E-state index contributed by atoms with van der Waals surface area (Å²) in [5, 5.41) is 0. The molecule has 0 amide bonds. The summed E-state index contributed by atoms with van der Waals surface area (Å²) in [6.45, 7) is 28.4. The molecule has 0 spiro atoms. The smallest absolute Gasteiger partial charge is 0.350 e. The second-order valence-electron chi connectivity index (χ2n) is 4.94. The number of hydrogen-bond donors (Lipinski definition) is 0. The third-order valence-corrected chi connectivity index (χ3v) is 6.39. The van der Waals surface area contributed by atoms with E-state index in [-0.39, 0.29) is 1.43 Å². The second kappa shape index (κ2) is 13.5. The molecular formula is C18H32AlN3. The van der Waals surface area contributed by atoms with Crippen molar-refractivity contribution in [2.75, 3.05) is 39.3 Å². The van der Waals surface area contributed by atoms with Crippen LogP contribution < -0.4 is 0 Å². The zero-order valence-corrected chi connectivity index (χ0v) is 15.0. The van der Waals surface area contributed by atoms with Gasteiger partial charge in [-0.25, -0.2) is 0 Å². The second-order valence-corrected chi connectivity index (χ2v) is 7.82. The van der Waals surface area contributed by atoms with Gasteiger partial charge in [-0.3, -0.25) is 0 Å². The van der Waals surface area contributed by atoms with Gasteiger partial charge in [0.1, 0.15) is 0 Å². The van der Waals surface area contributed by atoms with Crippen LogP contribution in [0.15, 0.2) is 75.9 Å². The average Bonchev–Trinajstić information content (AvgIpc) is 2.49. The van der Waals surface area contributed by atoms with Crippen LogP contribution >= 0.6 is 0 Å². The van der Waals surface area contributed by atoms with E-state index in [4.69, 9.17) is 0 Å². The van der Waals surface area contributed by atoms with Gasteiger partial charge in [0.15, 0.2) is 0 Å². The van der Waals surface area contributed by atoms with Crippen LogP contribution in [0.3, 0.4) is 0 Å². The van der Waals surface area contributed by atoms with E-state index in [0.29, 0.717) is 0 Å². The van der Waals surface area contributed by atoms with Crippen LogP contribution in [0.5, 0.6) is 0 Å². The van der Waals surface area contributed by atoms with E-state index in [1.54, 1.807) is 0 Å². The molecule has 0 unspecified atom stereocenters. The minimum absolute atomic E-state index is 0. The zero-order chi connectivity index (χ0) is 16.8. The maximum absolute atomic E-state index is 3.90. The summed E-state index contributed by atoms with van der Waals surface area (Å²) in [6, 6.07) is 0. The van der Waals surface area contributed by atoms with Gasteiger partial charge in [-0.05, 0) is 39.3 Å². The molecule has 0 aromatic heterocycles. The lowest BCUT2D eigenvalue weighted by molar-refractivity contribution is 0.331. The molecule has 0 aliphatic carbocycles. The van der Waals surface area contributed by atoms with Gasteiger partial charge in [0.25, 0.3) is 0 Å². The Morgan fingerprint density at radius 3 is 0.818 bits per heavy atom. The highest BCUT2D eigenvalue weighted by Crippen LogP contribution is 2.10. The molecule has 0 aliphatic rings. The molecule has 0 bridgehead atoms. The van der Waals surface area contributed by atoms with Crippen molar-refractivity contribution in [3.8, 4) is 0 Å². The van der Waals surface area contributed by atoms with Crippen LogP contribution in [-0.2, 0) is 0 Å². The fourth-order valence-electron chi connectivity index (χ4n) is 2.48. The lowest BCUT2D eigenvalue weighted by atomic mass is 10.5. The van der Waals surface area contributed by atoms with Crippen molar-refractivity contribution < 1.29 is 1.43 Å². The molecule has 0 aromatic rings. The molecule has 0 radical (unpaired) electrons. The van der Waals surface area contributed by atoms with E-state index in [9.17, 15) is 0 Å². The Balaban J connectivity index is 0. The molecule has 122 valence electrons. The van der Waals surface area contributed by atoms with Crippen LogP contribution in [-0.4, -0.2) is 65.7 Å². The monoisotopic (exact) mass is 317 g/mol. The summed E-state index contributed by atoms with van der Waals surface area (Å²) < 4.78 is 7.33. The van der Waals surface area contributed by atoms with Gasteiger partial charge < -0.3 is 11.7 Å². The van der Waals surface area contributed by atoms with E-state index in [1.165, 1.54) is 0 Å². The maximum Gasteiger partial charge on any atom is 0.610 e. The third kappa shape index (κ3) is 7.22. The first-order valence-electron chi connectivity index (χ1n) is 7.57. The van der Waals surface area contributed by atoms with E-state index >= 15 is 0 Å². The summed E-state index contributed by atoms with van der Waals surface area (Å²) >= 11 is -1.61. The van der Waals surface area contributed by atoms with Gasteiger partial charge in [-0.15, -0.1) is 39.5 Å². The van der Waals surface area contributed by atoms with Crippen molar-refractivity contribution in [1.82, 2.24) is 11.7 Å². The van der Waals surface area contributed by atoms with Crippen molar-refractivity contribution in [3.05, 3.63) is 75.9 Å². The van der Waals surface area contributed by atoms with Gasteiger partial charge in [0.2, 0.25) is 0 Å². The molecule has 0 rings (SSSR count). The molecule has 0 saturated carbocycles. The van der Waals surface area contributed by atoms with Gasteiger partial charge >= 0.3 is 14.8 Å². The van der Waals surface area contributed by atoms with Crippen molar-refractivity contribution in [3.63, 3.8) is 0 Å². The van der Waals surface area contributed by atoms with Gasteiger partial charge in [-0.2, -0.15) is 0 Å². The highest BCUT2D eigenvalue weighted by atomic mass is 27.2. The Morgan fingerprint density at radius 2 is 0.682 bits per heavy atom. The van der Waals surface area contributed by atoms with Crippen LogP contribution in [0.25, 0.3) is 0 Å². The minimum Gasteiger partial charge on any atom is -0.350 e. The van der Waals surface area contributed by atoms with E-state index in [2.05, 4.69) is 51.1 Å². The third-order valence-electron chi connectivity index (χ3n) is 3.16. The first-order chi connectivity index (χ1) is 10.7. The zero-order valence-electron chi connectivity index (χ0n) is 13.9. The van der Waals surface area contributed by atoms with E-state index in [0.717, 1.165) is 39.3 Å². The number of nitrogens with zero attached hydrogens (tertiary/aromatic N) is 3. The van der Waals surface area contributed by atoms with Crippen LogP contribution in [0.2, 0.25) is 0 Å². The maximum atomic E-state index is 3.90.